The van der Waals surface area contributed by atoms with Crippen LogP contribution in [0.2, 0.25) is 0 Å². The number of likely N-dealkylation sites (N-methyl/N-ethyl adjacent to an activating group) is 1. The van der Waals surface area contributed by atoms with E-state index in [1.165, 1.54) is 19.3 Å². The third-order valence-corrected chi connectivity index (χ3v) is 4.58. The zero-order chi connectivity index (χ0) is 13.8. The molecule has 19 heavy (non-hydrogen) atoms. The van der Waals surface area contributed by atoms with Crippen LogP contribution in [0.15, 0.2) is 0 Å². The van der Waals surface area contributed by atoms with Crippen molar-refractivity contribution >= 4 is 0 Å². The zero-order valence-electron chi connectivity index (χ0n) is 12.3. The Bertz CT molecular complexity index is 326. The van der Waals surface area contributed by atoms with Crippen LogP contribution < -0.4 is 0 Å². The minimum absolute atomic E-state index is 0.150. The standard InChI is InChI=1S/C15H27N3O/c1-17(2)10-13-8-14(19)11-18(13)15-7-5-3-4-6-12(15)9-16/h12-15,19H,3-8,10-11H2,1-2H3. The van der Waals surface area contributed by atoms with Crippen molar-refractivity contribution in [3.8, 4) is 6.07 Å². The second kappa shape index (κ2) is 6.69. The number of aliphatic hydroxyl groups is 1. The van der Waals surface area contributed by atoms with Crippen molar-refractivity contribution in [3.63, 3.8) is 0 Å². The summed E-state index contributed by atoms with van der Waals surface area (Å²) in [6.07, 6.45) is 6.45. The number of β-amino-alcohol motifs (C(OH)–C–C–N with tert-alkyl or cyclic N) is 1. The summed E-state index contributed by atoms with van der Waals surface area (Å²) in [6, 6.07) is 3.29. The summed E-state index contributed by atoms with van der Waals surface area (Å²) in [5.74, 6) is 0.150. The monoisotopic (exact) mass is 265 g/mol. The van der Waals surface area contributed by atoms with Crippen LogP contribution in [-0.4, -0.2) is 60.3 Å². The van der Waals surface area contributed by atoms with Crippen LogP contribution >= 0.6 is 0 Å². The van der Waals surface area contributed by atoms with E-state index in [1.807, 2.05) is 0 Å². The predicted molar refractivity (Wildman–Crippen MR) is 75.6 cm³/mol. The fourth-order valence-electron chi connectivity index (χ4n) is 3.76. The van der Waals surface area contributed by atoms with Crippen LogP contribution in [0.4, 0.5) is 0 Å². The maximum absolute atomic E-state index is 10.00. The van der Waals surface area contributed by atoms with Crippen molar-refractivity contribution in [3.05, 3.63) is 0 Å². The van der Waals surface area contributed by atoms with Gasteiger partial charge in [-0.05, 0) is 33.4 Å². The number of rotatable bonds is 3. The number of nitriles is 1. The summed E-state index contributed by atoms with van der Waals surface area (Å²) in [7, 11) is 4.16. The lowest BCUT2D eigenvalue weighted by atomic mass is 9.94. The molecule has 0 spiro atoms. The highest BCUT2D eigenvalue weighted by molar-refractivity contribution is 4.99. The lowest BCUT2D eigenvalue weighted by Gasteiger charge is -2.35. The number of likely N-dealkylation sites (tertiary alicyclic amines) is 1. The van der Waals surface area contributed by atoms with E-state index in [0.29, 0.717) is 12.1 Å². The minimum atomic E-state index is -0.215. The Morgan fingerprint density at radius 3 is 2.68 bits per heavy atom. The lowest BCUT2D eigenvalue weighted by molar-refractivity contribution is 0.109. The van der Waals surface area contributed by atoms with Gasteiger partial charge < -0.3 is 10.0 Å². The molecule has 2 rings (SSSR count). The normalized spacial score (nSPS) is 37.2. The van der Waals surface area contributed by atoms with Crippen molar-refractivity contribution in [2.24, 2.45) is 5.92 Å². The van der Waals surface area contributed by atoms with Crippen LogP contribution in [0.25, 0.3) is 0 Å². The maximum Gasteiger partial charge on any atom is 0.0682 e. The van der Waals surface area contributed by atoms with E-state index in [9.17, 15) is 10.4 Å². The van der Waals surface area contributed by atoms with Gasteiger partial charge in [0, 0.05) is 25.2 Å². The highest BCUT2D eigenvalue weighted by Crippen LogP contribution is 2.32. The van der Waals surface area contributed by atoms with Crippen molar-refractivity contribution < 1.29 is 5.11 Å². The second-order valence-corrected chi connectivity index (χ2v) is 6.44. The van der Waals surface area contributed by atoms with Crippen LogP contribution in [0.3, 0.4) is 0 Å². The smallest absolute Gasteiger partial charge is 0.0682 e. The fraction of sp³-hybridized carbons (Fsp3) is 0.933. The molecule has 0 amide bonds. The van der Waals surface area contributed by atoms with Gasteiger partial charge in [-0.2, -0.15) is 5.26 Å². The summed E-state index contributed by atoms with van der Waals surface area (Å²) >= 11 is 0. The fourth-order valence-corrected chi connectivity index (χ4v) is 3.76. The first-order valence-corrected chi connectivity index (χ1v) is 7.60. The average Bonchev–Trinajstić information content (AvgIpc) is 2.59. The summed E-state index contributed by atoms with van der Waals surface area (Å²) in [5.41, 5.74) is 0. The number of aliphatic hydroxyl groups excluding tert-OH is 1. The first-order chi connectivity index (χ1) is 9.11. The summed E-state index contributed by atoms with van der Waals surface area (Å²) < 4.78 is 0. The Labute approximate surface area is 117 Å². The third kappa shape index (κ3) is 3.68. The van der Waals surface area contributed by atoms with E-state index < -0.39 is 0 Å². The SMILES string of the molecule is CN(C)CC1CC(O)CN1C1CCCCCC1C#N. The Balaban J connectivity index is 2.09. The average molecular weight is 265 g/mol. The first-order valence-electron chi connectivity index (χ1n) is 7.60. The van der Waals surface area contributed by atoms with E-state index in [2.05, 4.69) is 30.0 Å². The molecule has 1 saturated heterocycles. The van der Waals surface area contributed by atoms with Gasteiger partial charge in [-0.15, -0.1) is 0 Å². The molecule has 1 aliphatic heterocycles. The molecule has 108 valence electrons. The molecular weight excluding hydrogens is 238 g/mol. The minimum Gasteiger partial charge on any atom is -0.392 e. The summed E-state index contributed by atoms with van der Waals surface area (Å²) in [5, 5.41) is 19.4. The Morgan fingerprint density at radius 1 is 1.26 bits per heavy atom. The van der Waals surface area contributed by atoms with Gasteiger partial charge in [0.1, 0.15) is 0 Å². The molecule has 2 fully saturated rings. The number of hydrogen-bond acceptors (Lipinski definition) is 4. The molecule has 0 aromatic rings. The van der Waals surface area contributed by atoms with E-state index in [0.717, 1.165) is 32.4 Å². The molecule has 0 bridgehead atoms. The van der Waals surface area contributed by atoms with Gasteiger partial charge in [0.05, 0.1) is 18.1 Å². The molecule has 4 heteroatoms. The maximum atomic E-state index is 10.00. The first kappa shape index (κ1) is 14.8. The van der Waals surface area contributed by atoms with Crippen molar-refractivity contribution in [2.75, 3.05) is 27.2 Å². The van der Waals surface area contributed by atoms with Crippen LogP contribution in [0, 0.1) is 17.2 Å². The molecule has 1 N–H and O–H groups in total. The Morgan fingerprint density at radius 2 is 2.00 bits per heavy atom. The molecule has 0 radical (unpaired) electrons. The van der Waals surface area contributed by atoms with Gasteiger partial charge in [-0.3, -0.25) is 4.90 Å². The Hall–Kier alpha value is -0.630. The van der Waals surface area contributed by atoms with Gasteiger partial charge in [0.2, 0.25) is 0 Å². The van der Waals surface area contributed by atoms with Gasteiger partial charge in [0.15, 0.2) is 0 Å². The van der Waals surface area contributed by atoms with Crippen molar-refractivity contribution in [1.82, 2.24) is 9.80 Å². The molecule has 0 aromatic carbocycles. The van der Waals surface area contributed by atoms with Gasteiger partial charge >= 0.3 is 0 Å². The van der Waals surface area contributed by atoms with Crippen molar-refractivity contribution in [1.29, 1.82) is 5.26 Å². The topological polar surface area (TPSA) is 50.5 Å². The predicted octanol–water partition coefficient (Wildman–Crippen LogP) is 1.46. The van der Waals surface area contributed by atoms with E-state index >= 15 is 0 Å². The molecule has 2 aliphatic rings. The van der Waals surface area contributed by atoms with E-state index in [1.54, 1.807) is 0 Å². The van der Waals surface area contributed by atoms with Gasteiger partial charge in [0.25, 0.3) is 0 Å². The van der Waals surface area contributed by atoms with Gasteiger partial charge in [-0.25, -0.2) is 0 Å². The highest BCUT2D eigenvalue weighted by Gasteiger charge is 2.39. The largest absolute Gasteiger partial charge is 0.392 e. The quantitative estimate of drug-likeness (QED) is 0.785. The lowest BCUT2D eigenvalue weighted by Crippen LogP contribution is -2.46. The van der Waals surface area contributed by atoms with Crippen LogP contribution in [0.1, 0.15) is 38.5 Å². The summed E-state index contributed by atoms with van der Waals surface area (Å²) in [4.78, 5) is 4.62. The molecular formula is C15H27N3O. The molecule has 0 aromatic heterocycles. The van der Waals surface area contributed by atoms with Gasteiger partial charge in [-0.1, -0.05) is 19.3 Å². The zero-order valence-corrected chi connectivity index (χ0v) is 12.3. The second-order valence-electron chi connectivity index (χ2n) is 6.44. The number of hydrogen-bond donors (Lipinski definition) is 1. The van der Waals surface area contributed by atoms with Crippen LogP contribution in [0.5, 0.6) is 0 Å². The van der Waals surface area contributed by atoms with Crippen LogP contribution in [-0.2, 0) is 0 Å². The molecule has 1 saturated carbocycles. The Kier molecular flexibility index (Phi) is 5.20. The third-order valence-electron chi connectivity index (χ3n) is 4.58. The van der Waals surface area contributed by atoms with E-state index in [-0.39, 0.29) is 12.0 Å². The van der Waals surface area contributed by atoms with E-state index in [4.69, 9.17) is 0 Å². The van der Waals surface area contributed by atoms with Crippen molar-refractivity contribution in [2.45, 2.75) is 56.7 Å². The molecule has 1 heterocycles. The molecule has 4 unspecified atom stereocenters. The summed E-state index contributed by atoms with van der Waals surface area (Å²) in [6.45, 7) is 1.73. The highest BCUT2D eigenvalue weighted by atomic mass is 16.3. The molecule has 4 nitrogen and oxygen atoms in total. The molecule has 4 atom stereocenters. The molecule has 1 aliphatic carbocycles. The number of nitrogens with zero attached hydrogens (tertiary/aromatic N) is 3.